The van der Waals surface area contributed by atoms with E-state index in [0.717, 1.165) is 0 Å². The Morgan fingerprint density at radius 3 is 2.54 bits per heavy atom. The van der Waals surface area contributed by atoms with E-state index in [-0.39, 0.29) is 5.69 Å². The molecule has 0 amide bonds. The smallest absolute Gasteiger partial charge is 0.244 e. The van der Waals surface area contributed by atoms with E-state index in [4.69, 9.17) is 0 Å². The molecule has 0 aliphatic heterocycles. The Hall–Kier alpha value is -1.04. The van der Waals surface area contributed by atoms with Crippen molar-refractivity contribution in [3.8, 4) is 0 Å². The summed E-state index contributed by atoms with van der Waals surface area (Å²) in [6, 6.07) is 8.20. The van der Waals surface area contributed by atoms with Crippen molar-refractivity contribution in [2.24, 2.45) is 4.36 Å². The first-order chi connectivity index (χ1) is 6.00. The third-order valence-corrected chi connectivity index (χ3v) is 1.94. The van der Waals surface area contributed by atoms with Gasteiger partial charge < -0.3 is 0 Å². The van der Waals surface area contributed by atoms with Gasteiger partial charge in [-0.2, -0.15) is 17.5 Å². The molecule has 0 aliphatic carbocycles. The van der Waals surface area contributed by atoms with E-state index in [1.165, 1.54) is 18.2 Å². The molecule has 0 bridgehead atoms. The molecule has 0 fully saturated rings. The molecule has 0 aliphatic rings. The number of rotatable bonds is 1. The first-order valence-corrected chi connectivity index (χ1v) is 4.44. The number of nitrogens with zero attached hydrogens (tertiary/aromatic N) is 1. The van der Waals surface area contributed by atoms with Crippen LogP contribution >= 0.6 is 0 Å². The summed E-state index contributed by atoms with van der Waals surface area (Å²) in [6.45, 7) is 0. The zero-order chi connectivity index (χ0) is 9.90. The maximum absolute atomic E-state index is 11.7. The van der Waals surface area contributed by atoms with Crippen LogP contribution in [0.25, 0.3) is 0 Å². The van der Waals surface area contributed by atoms with Gasteiger partial charge in [-0.05, 0) is 6.07 Å². The fourth-order valence-electron chi connectivity index (χ4n) is 0.601. The van der Waals surface area contributed by atoms with Crippen LogP contribution in [-0.4, -0.2) is 9.72 Å². The predicted molar refractivity (Wildman–Crippen MR) is 43.0 cm³/mol. The normalized spacial score (nSPS) is 14.4. The molecule has 1 aromatic carbocycles. The lowest BCUT2D eigenvalue weighted by molar-refractivity contribution is -0.0369. The maximum atomic E-state index is 11.7. The van der Waals surface area contributed by atoms with Crippen LogP contribution in [-0.2, 0) is 10.6 Å². The zero-order valence-electron chi connectivity index (χ0n) is 6.25. The first kappa shape index (κ1) is 10.0. The summed E-state index contributed by atoms with van der Waals surface area (Å²) in [5, 5.41) is 0. The second kappa shape index (κ2) is 3.78. The molecule has 13 heavy (non-hydrogen) atoms. The molecule has 0 saturated carbocycles. The molecule has 71 valence electrons. The summed E-state index contributed by atoms with van der Waals surface area (Å²) in [6.07, 6.45) is 0. The Kier molecular flexibility index (Phi) is 2.92. The van der Waals surface area contributed by atoms with Crippen LogP contribution in [0.15, 0.2) is 28.6 Å². The highest BCUT2D eigenvalue weighted by atomic mass is 32.2. The number of hydrogen-bond acceptors (Lipinski definition) is 2. The van der Waals surface area contributed by atoms with E-state index < -0.39 is 16.1 Å². The van der Waals surface area contributed by atoms with Gasteiger partial charge in [-0.15, -0.1) is 0 Å². The summed E-state index contributed by atoms with van der Waals surface area (Å²) < 4.78 is 48.7. The summed E-state index contributed by atoms with van der Waals surface area (Å²) in [4.78, 5) is 0. The molecule has 1 radical (unpaired) electrons. The second-order valence-corrected chi connectivity index (χ2v) is 3.34. The van der Waals surface area contributed by atoms with Crippen LogP contribution in [0.2, 0.25) is 0 Å². The Morgan fingerprint density at radius 1 is 1.38 bits per heavy atom. The second-order valence-electron chi connectivity index (χ2n) is 2.09. The highest BCUT2D eigenvalue weighted by molar-refractivity contribution is 7.76. The van der Waals surface area contributed by atoms with Crippen molar-refractivity contribution < 1.29 is 17.4 Å². The molecule has 1 atom stereocenters. The summed E-state index contributed by atoms with van der Waals surface area (Å²) in [5.74, 6) is 0. The van der Waals surface area contributed by atoms with Gasteiger partial charge >= 0.3 is 5.51 Å². The van der Waals surface area contributed by atoms with Gasteiger partial charge in [-0.25, -0.2) is 4.21 Å². The standard InChI is InChI=1S/C7H5F3NOS/c8-7(9,10)13(12)11-6-4-2-1-3-5-6/h1-4,13H. The predicted octanol–water partition coefficient (Wildman–Crippen LogP) is 2.30. The van der Waals surface area contributed by atoms with Gasteiger partial charge in [0.15, 0.2) is 0 Å². The van der Waals surface area contributed by atoms with Crippen molar-refractivity contribution in [3.05, 3.63) is 30.3 Å². The fourth-order valence-corrected chi connectivity index (χ4v) is 1.03. The molecule has 0 N–H and O–H groups in total. The van der Waals surface area contributed by atoms with E-state index in [2.05, 4.69) is 10.4 Å². The average Bonchev–Trinajstić information content (AvgIpc) is 2.04. The number of hydrogen-bond donors (Lipinski definition) is 1. The number of alkyl halides is 3. The molecular weight excluding hydrogens is 203 g/mol. The van der Waals surface area contributed by atoms with E-state index in [0.29, 0.717) is 0 Å². The number of thiol groups is 1. The van der Waals surface area contributed by atoms with Crippen LogP contribution in [0.4, 0.5) is 18.9 Å². The molecule has 2 nitrogen and oxygen atoms in total. The summed E-state index contributed by atoms with van der Waals surface area (Å²) in [5.41, 5.74) is -4.82. The SMILES string of the molecule is O=[SH](=N\c1[c]cccc1)/C(F)(F)F. The van der Waals surface area contributed by atoms with Gasteiger partial charge in [0.1, 0.15) is 10.6 Å². The monoisotopic (exact) mass is 208 g/mol. The van der Waals surface area contributed by atoms with E-state index in [1.807, 2.05) is 0 Å². The van der Waals surface area contributed by atoms with Gasteiger partial charge in [0.05, 0.1) is 5.69 Å². The Morgan fingerprint density at radius 2 is 2.08 bits per heavy atom. The van der Waals surface area contributed by atoms with E-state index in [9.17, 15) is 17.4 Å². The average molecular weight is 208 g/mol. The minimum Gasteiger partial charge on any atom is -0.244 e. The van der Waals surface area contributed by atoms with E-state index >= 15 is 0 Å². The molecule has 6 heteroatoms. The minimum atomic E-state index is -4.76. The van der Waals surface area contributed by atoms with Gasteiger partial charge in [0.2, 0.25) is 0 Å². The van der Waals surface area contributed by atoms with E-state index in [1.54, 1.807) is 6.07 Å². The van der Waals surface area contributed by atoms with Crippen LogP contribution in [0.5, 0.6) is 0 Å². The molecular formula is C7H5F3NOS. The van der Waals surface area contributed by atoms with Crippen molar-refractivity contribution >= 4 is 16.3 Å². The maximum Gasteiger partial charge on any atom is 0.476 e. The Balaban J connectivity index is 2.97. The zero-order valence-corrected chi connectivity index (χ0v) is 7.14. The van der Waals surface area contributed by atoms with Crippen LogP contribution in [0.3, 0.4) is 0 Å². The number of para-hydroxylation sites is 1. The molecule has 0 saturated heterocycles. The van der Waals surface area contributed by atoms with Crippen molar-refractivity contribution in [1.29, 1.82) is 0 Å². The topological polar surface area (TPSA) is 29.4 Å². The summed E-state index contributed by atoms with van der Waals surface area (Å²) in [7, 11) is -3.55. The van der Waals surface area contributed by atoms with Gasteiger partial charge in [-0.1, -0.05) is 18.2 Å². The first-order valence-electron chi connectivity index (χ1n) is 3.22. The van der Waals surface area contributed by atoms with Crippen LogP contribution < -0.4 is 0 Å². The third-order valence-electron chi connectivity index (χ3n) is 1.11. The molecule has 1 rings (SSSR count). The van der Waals surface area contributed by atoms with Crippen LogP contribution in [0, 0.1) is 6.07 Å². The highest BCUT2D eigenvalue weighted by Gasteiger charge is 2.30. The Labute approximate surface area is 74.6 Å². The lowest BCUT2D eigenvalue weighted by Crippen LogP contribution is -2.08. The minimum absolute atomic E-state index is 0.0547. The molecule has 0 aromatic heterocycles. The largest absolute Gasteiger partial charge is 0.476 e. The van der Waals surface area contributed by atoms with Gasteiger partial charge in [0.25, 0.3) is 0 Å². The lowest BCUT2D eigenvalue weighted by atomic mass is 10.3. The molecule has 1 unspecified atom stereocenters. The van der Waals surface area contributed by atoms with Gasteiger partial charge in [-0.3, -0.25) is 0 Å². The van der Waals surface area contributed by atoms with Crippen molar-refractivity contribution in [1.82, 2.24) is 0 Å². The third kappa shape index (κ3) is 3.06. The quantitative estimate of drug-likeness (QED) is 0.705. The molecule has 0 spiro atoms. The molecule has 0 heterocycles. The fraction of sp³-hybridized carbons (Fsp3) is 0.143. The van der Waals surface area contributed by atoms with Crippen molar-refractivity contribution in [3.63, 3.8) is 0 Å². The number of benzene rings is 1. The van der Waals surface area contributed by atoms with Gasteiger partial charge in [0, 0.05) is 6.07 Å². The summed E-state index contributed by atoms with van der Waals surface area (Å²) >= 11 is 0. The molecule has 1 aromatic rings. The Bertz CT molecular complexity index is 354. The van der Waals surface area contributed by atoms with Crippen molar-refractivity contribution in [2.75, 3.05) is 0 Å². The highest BCUT2D eigenvalue weighted by Crippen LogP contribution is 2.20. The number of halogens is 3. The lowest BCUT2D eigenvalue weighted by Gasteiger charge is -1.97. The van der Waals surface area contributed by atoms with Crippen molar-refractivity contribution in [2.45, 2.75) is 5.51 Å². The van der Waals surface area contributed by atoms with Crippen LogP contribution in [0.1, 0.15) is 0 Å².